The highest BCUT2D eigenvalue weighted by Gasteiger charge is 2.23. The van der Waals surface area contributed by atoms with Crippen molar-refractivity contribution in [2.45, 2.75) is 25.9 Å². The number of nitrogens with one attached hydrogen (secondary N) is 3. The summed E-state index contributed by atoms with van der Waals surface area (Å²) in [6, 6.07) is 6.21. The maximum atomic E-state index is 11.5. The lowest BCUT2D eigenvalue weighted by Crippen LogP contribution is -2.46. The van der Waals surface area contributed by atoms with Crippen molar-refractivity contribution in [2.75, 3.05) is 53.2 Å². The first kappa shape index (κ1) is 23.2. The molecule has 9 nitrogen and oxygen atoms in total. The van der Waals surface area contributed by atoms with E-state index in [-0.39, 0.29) is 11.8 Å². The largest absolute Gasteiger partial charge is 0.497 e. The van der Waals surface area contributed by atoms with E-state index in [9.17, 15) is 8.42 Å². The highest BCUT2D eigenvalue weighted by molar-refractivity contribution is 7.89. The monoisotopic (exact) mass is 427 g/mol. The van der Waals surface area contributed by atoms with Gasteiger partial charge in [0, 0.05) is 51.9 Å². The summed E-state index contributed by atoms with van der Waals surface area (Å²) < 4.78 is 36.1. The molecule has 1 atom stereocenters. The first-order valence-corrected chi connectivity index (χ1v) is 11.4. The van der Waals surface area contributed by atoms with Gasteiger partial charge in [-0.25, -0.2) is 13.1 Å². The summed E-state index contributed by atoms with van der Waals surface area (Å²) in [7, 11) is 1.85. The Bertz CT molecular complexity index is 763. The minimum Gasteiger partial charge on any atom is -0.497 e. The number of benzene rings is 1. The molecule has 0 amide bonds. The summed E-state index contributed by atoms with van der Waals surface area (Å²) in [4.78, 5) is 6.60. The van der Waals surface area contributed by atoms with Gasteiger partial charge >= 0.3 is 0 Å². The molecule has 1 heterocycles. The summed E-state index contributed by atoms with van der Waals surface area (Å²) in [5, 5.41) is 6.56. The van der Waals surface area contributed by atoms with Gasteiger partial charge in [0.1, 0.15) is 11.5 Å². The van der Waals surface area contributed by atoms with Crippen LogP contribution >= 0.6 is 0 Å². The van der Waals surface area contributed by atoms with E-state index >= 15 is 0 Å². The van der Waals surface area contributed by atoms with Crippen LogP contribution in [0.2, 0.25) is 0 Å². The number of guanidine groups is 1. The summed E-state index contributed by atoms with van der Waals surface area (Å²) >= 11 is 0. The van der Waals surface area contributed by atoms with E-state index in [1.54, 1.807) is 28.2 Å². The number of nitrogens with zero attached hydrogens (tertiary/aromatic N) is 2. The quantitative estimate of drug-likeness (QED) is 0.282. The van der Waals surface area contributed by atoms with E-state index in [1.807, 2.05) is 18.2 Å². The molecule has 1 aromatic rings. The summed E-state index contributed by atoms with van der Waals surface area (Å²) in [5.74, 6) is 2.33. The molecule has 3 N–H and O–H groups in total. The van der Waals surface area contributed by atoms with E-state index < -0.39 is 10.0 Å². The fourth-order valence-electron chi connectivity index (χ4n) is 3.19. The van der Waals surface area contributed by atoms with Crippen LogP contribution in [0.1, 0.15) is 18.9 Å². The summed E-state index contributed by atoms with van der Waals surface area (Å²) in [6.45, 7) is 5.09. The fourth-order valence-corrected chi connectivity index (χ4v) is 3.80. The number of methoxy groups -OCH3 is 2. The first-order valence-electron chi connectivity index (χ1n) is 9.78. The molecule has 10 heteroatoms. The van der Waals surface area contributed by atoms with Crippen molar-refractivity contribution >= 4 is 16.0 Å². The Morgan fingerprint density at radius 1 is 1.21 bits per heavy atom. The number of aliphatic imine (C=N–C) groups is 1. The van der Waals surface area contributed by atoms with Crippen LogP contribution < -0.4 is 24.8 Å². The van der Waals surface area contributed by atoms with E-state index in [0.29, 0.717) is 19.0 Å². The Kier molecular flexibility index (Phi) is 8.99. The van der Waals surface area contributed by atoms with Gasteiger partial charge in [-0.2, -0.15) is 0 Å². The van der Waals surface area contributed by atoms with Crippen molar-refractivity contribution in [2.24, 2.45) is 4.99 Å². The van der Waals surface area contributed by atoms with Gasteiger partial charge in [-0.05, 0) is 31.0 Å². The number of rotatable bonds is 10. The minimum absolute atomic E-state index is 0.0804. The zero-order valence-corrected chi connectivity index (χ0v) is 18.5. The molecule has 0 radical (unpaired) electrons. The second kappa shape index (κ2) is 11.2. The summed E-state index contributed by atoms with van der Waals surface area (Å²) in [5.41, 5.74) is 1.15. The molecule has 164 valence electrons. The Labute approximate surface area is 173 Å². The maximum Gasteiger partial charge on any atom is 0.211 e. The first-order chi connectivity index (χ1) is 13.9. The lowest BCUT2D eigenvalue weighted by molar-refractivity contribution is 0.321. The molecule has 1 unspecified atom stereocenters. The highest BCUT2D eigenvalue weighted by Crippen LogP contribution is 2.24. The van der Waals surface area contributed by atoms with E-state index in [4.69, 9.17) is 9.47 Å². The van der Waals surface area contributed by atoms with E-state index in [2.05, 4.69) is 25.2 Å². The van der Waals surface area contributed by atoms with E-state index in [0.717, 1.165) is 43.1 Å². The lowest BCUT2D eigenvalue weighted by Gasteiger charge is -2.19. The smallest absolute Gasteiger partial charge is 0.211 e. The van der Waals surface area contributed by atoms with Crippen molar-refractivity contribution in [3.63, 3.8) is 0 Å². The SMILES string of the molecule is CCS(=O)(=O)NCCNC(=NC)NC1CCN(Cc2cc(OC)cc(OC)c2)C1. The Hall–Kier alpha value is -2.04. The average Bonchev–Trinajstić information content (AvgIpc) is 3.16. The van der Waals surface area contributed by atoms with Gasteiger partial charge in [0.25, 0.3) is 0 Å². The second-order valence-electron chi connectivity index (χ2n) is 6.88. The van der Waals surface area contributed by atoms with Crippen LogP contribution in [-0.4, -0.2) is 78.5 Å². The molecule has 0 spiro atoms. The zero-order chi connectivity index (χ0) is 21.3. The molecule has 1 saturated heterocycles. The third kappa shape index (κ3) is 7.71. The zero-order valence-electron chi connectivity index (χ0n) is 17.7. The van der Waals surface area contributed by atoms with Crippen LogP contribution in [-0.2, 0) is 16.6 Å². The molecule has 1 aliphatic heterocycles. The van der Waals surface area contributed by atoms with Gasteiger partial charge in [-0.3, -0.25) is 9.89 Å². The normalized spacial score (nSPS) is 17.9. The average molecular weight is 428 g/mol. The molecule has 0 aromatic heterocycles. The van der Waals surface area contributed by atoms with Crippen molar-refractivity contribution in [1.29, 1.82) is 0 Å². The molecule has 2 rings (SSSR count). The fraction of sp³-hybridized carbons (Fsp3) is 0.632. The van der Waals surface area contributed by atoms with Crippen molar-refractivity contribution < 1.29 is 17.9 Å². The van der Waals surface area contributed by atoms with Crippen LogP contribution in [0.3, 0.4) is 0 Å². The molecule has 0 aliphatic carbocycles. The van der Waals surface area contributed by atoms with Crippen LogP contribution in [0.25, 0.3) is 0 Å². The van der Waals surface area contributed by atoms with Crippen LogP contribution in [0, 0.1) is 0 Å². The van der Waals surface area contributed by atoms with Gasteiger partial charge in [-0.1, -0.05) is 0 Å². The van der Waals surface area contributed by atoms with Crippen LogP contribution in [0.15, 0.2) is 23.2 Å². The predicted octanol–water partition coefficient (Wildman–Crippen LogP) is 0.382. The molecule has 29 heavy (non-hydrogen) atoms. The number of sulfonamides is 1. The van der Waals surface area contributed by atoms with E-state index in [1.165, 1.54) is 0 Å². The van der Waals surface area contributed by atoms with Gasteiger partial charge in [0.05, 0.1) is 20.0 Å². The molecule has 1 fully saturated rings. The highest BCUT2D eigenvalue weighted by atomic mass is 32.2. The molecular formula is C19H33N5O4S. The molecular weight excluding hydrogens is 394 g/mol. The Balaban J connectivity index is 1.80. The van der Waals surface area contributed by atoms with Crippen molar-refractivity contribution in [1.82, 2.24) is 20.3 Å². The predicted molar refractivity (Wildman–Crippen MR) is 115 cm³/mol. The summed E-state index contributed by atoms with van der Waals surface area (Å²) in [6.07, 6.45) is 1.00. The number of hydrogen-bond donors (Lipinski definition) is 3. The molecule has 0 saturated carbocycles. The van der Waals surface area contributed by atoms with Gasteiger partial charge in [0.15, 0.2) is 5.96 Å². The number of likely N-dealkylation sites (tertiary alicyclic amines) is 1. The van der Waals surface area contributed by atoms with Gasteiger partial charge in [-0.15, -0.1) is 0 Å². The third-order valence-electron chi connectivity index (χ3n) is 4.77. The third-order valence-corrected chi connectivity index (χ3v) is 6.18. The van der Waals surface area contributed by atoms with Gasteiger partial charge in [0.2, 0.25) is 10.0 Å². The topological polar surface area (TPSA) is 104 Å². The van der Waals surface area contributed by atoms with Crippen LogP contribution in [0.4, 0.5) is 0 Å². The van der Waals surface area contributed by atoms with Crippen molar-refractivity contribution in [3.05, 3.63) is 23.8 Å². The number of hydrogen-bond acceptors (Lipinski definition) is 6. The van der Waals surface area contributed by atoms with Crippen molar-refractivity contribution in [3.8, 4) is 11.5 Å². The Morgan fingerprint density at radius 2 is 1.90 bits per heavy atom. The molecule has 1 aromatic carbocycles. The maximum absolute atomic E-state index is 11.5. The Morgan fingerprint density at radius 3 is 2.48 bits per heavy atom. The van der Waals surface area contributed by atoms with Crippen LogP contribution in [0.5, 0.6) is 11.5 Å². The molecule has 1 aliphatic rings. The lowest BCUT2D eigenvalue weighted by atomic mass is 10.2. The minimum atomic E-state index is -3.17. The second-order valence-corrected chi connectivity index (χ2v) is 8.98. The standard InChI is InChI=1S/C19H33N5O4S/c1-5-29(25,26)22-8-7-21-19(20-2)23-16-6-9-24(14-16)13-15-10-17(27-3)12-18(11-15)28-4/h10-12,16,22H,5-9,13-14H2,1-4H3,(H2,20,21,23). The molecule has 0 bridgehead atoms. The number of ether oxygens (including phenoxy) is 2. The van der Waals surface area contributed by atoms with Gasteiger partial charge < -0.3 is 20.1 Å².